The molecule has 0 fully saturated rings. The number of carbonyl (C=O) groups is 3. The number of aldehydes is 1. The normalized spacial score (nSPS) is 9.95. The first-order valence-electron chi connectivity index (χ1n) is 6.23. The van der Waals surface area contributed by atoms with E-state index in [1.165, 1.54) is 11.7 Å². The maximum absolute atomic E-state index is 12.0. The third-order valence-corrected chi connectivity index (χ3v) is 2.91. The van der Waals surface area contributed by atoms with Crippen molar-refractivity contribution >= 4 is 23.9 Å². The molecule has 1 amide bonds. The molecule has 0 aliphatic carbocycles. The highest BCUT2D eigenvalue weighted by Crippen LogP contribution is 2.16. The number of nitrogens with zero attached hydrogens (tertiary/aromatic N) is 1. The summed E-state index contributed by atoms with van der Waals surface area (Å²) in [5, 5.41) is 2.64. The van der Waals surface area contributed by atoms with E-state index in [2.05, 4.69) is 10.1 Å². The van der Waals surface area contributed by atoms with Gasteiger partial charge in [-0.3, -0.25) is 9.59 Å². The number of para-hydroxylation sites is 1. The van der Waals surface area contributed by atoms with Crippen molar-refractivity contribution in [1.29, 1.82) is 0 Å². The largest absolute Gasteiger partial charge is 0.465 e. The zero-order chi connectivity index (χ0) is 15.2. The van der Waals surface area contributed by atoms with Gasteiger partial charge in [-0.2, -0.15) is 0 Å². The second-order valence-electron chi connectivity index (χ2n) is 4.26. The van der Waals surface area contributed by atoms with Crippen molar-refractivity contribution in [2.24, 2.45) is 0 Å². The average molecular weight is 286 g/mol. The van der Waals surface area contributed by atoms with E-state index in [1.807, 2.05) is 0 Å². The Balaban J connectivity index is 2.13. The highest BCUT2D eigenvalue weighted by molar-refractivity contribution is 6.01. The van der Waals surface area contributed by atoms with Crippen molar-refractivity contribution in [1.82, 2.24) is 4.57 Å². The number of hydrogen-bond donors (Lipinski definition) is 1. The molecule has 2 aromatic rings. The van der Waals surface area contributed by atoms with Gasteiger partial charge in [-0.05, 0) is 24.3 Å². The van der Waals surface area contributed by atoms with Crippen LogP contribution in [0.25, 0.3) is 0 Å². The predicted molar refractivity (Wildman–Crippen MR) is 76.2 cm³/mol. The summed E-state index contributed by atoms with van der Waals surface area (Å²) in [6.45, 7) is -0.0173. The van der Waals surface area contributed by atoms with Gasteiger partial charge in [0, 0.05) is 6.20 Å². The van der Waals surface area contributed by atoms with Crippen LogP contribution in [0.4, 0.5) is 5.69 Å². The van der Waals surface area contributed by atoms with E-state index in [0.717, 1.165) is 0 Å². The van der Waals surface area contributed by atoms with Crippen molar-refractivity contribution in [3.8, 4) is 0 Å². The molecule has 0 aliphatic rings. The standard InChI is InChI=1S/C15H14N2O4/c1-21-15(20)12-6-2-3-7-13(12)16-14(19)9-17-8-4-5-11(17)10-18/h2-8,10H,9H2,1H3,(H,16,19). The van der Waals surface area contributed by atoms with Gasteiger partial charge in [0.1, 0.15) is 6.54 Å². The smallest absolute Gasteiger partial charge is 0.339 e. The van der Waals surface area contributed by atoms with Crippen LogP contribution in [-0.4, -0.2) is 29.8 Å². The number of hydrogen-bond acceptors (Lipinski definition) is 4. The topological polar surface area (TPSA) is 77.4 Å². The molecule has 0 atom stereocenters. The quantitative estimate of drug-likeness (QED) is 0.670. The second kappa shape index (κ2) is 6.51. The van der Waals surface area contributed by atoms with E-state index in [-0.39, 0.29) is 18.0 Å². The van der Waals surface area contributed by atoms with E-state index in [4.69, 9.17) is 0 Å². The molecule has 108 valence electrons. The molecule has 2 rings (SSSR count). The molecule has 6 heteroatoms. The van der Waals surface area contributed by atoms with Gasteiger partial charge in [0.25, 0.3) is 0 Å². The van der Waals surface area contributed by atoms with Crippen molar-refractivity contribution in [2.45, 2.75) is 6.54 Å². The summed E-state index contributed by atoms with van der Waals surface area (Å²) in [7, 11) is 1.27. The molecule has 1 aromatic carbocycles. The van der Waals surface area contributed by atoms with Gasteiger partial charge in [0.05, 0.1) is 24.1 Å². The van der Waals surface area contributed by atoms with Gasteiger partial charge in [0.2, 0.25) is 5.91 Å². The van der Waals surface area contributed by atoms with Gasteiger partial charge >= 0.3 is 5.97 Å². The highest BCUT2D eigenvalue weighted by atomic mass is 16.5. The van der Waals surface area contributed by atoms with Gasteiger partial charge in [0.15, 0.2) is 6.29 Å². The summed E-state index contributed by atoms with van der Waals surface area (Å²) < 4.78 is 6.18. The summed E-state index contributed by atoms with van der Waals surface area (Å²) >= 11 is 0. The summed E-state index contributed by atoms with van der Waals surface area (Å²) in [4.78, 5) is 34.4. The van der Waals surface area contributed by atoms with E-state index in [0.29, 0.717) is 17.7 Å². The van der Waals surface area contributed by atoms with Crippen LogP contribution in [0.15, 0.2) is 42.6 Å². The zero-order valence-corrected chi connectivity index (χ0v) is 11.4. The van der Waals surface area contributed by atoms with Gasteiger partial charge in [-0.25, -0.2) is 4.79 Å². The Hall–Kier alpha value is -2.89. The fourth-order valence-corrected chi connectivity index (χ4v) is 1.90. The summed E-state index contributed by atoms with van der Waals surface area (Å²) in [5.41, 5.74) is 1.05. The fraction of sp³-hybridized carbons (Fsp3) is 0.133. The number of ether oxygens (including phenoxy) is 1. The molecule has 0 saturated carbocycles. The number of anilines is 1. The molecule has 0 radical (unpaired) electrons. The van der Waals surface area contributed by atoms with Crippen molar-refractivity contribution in [2.75, 3.05) is 12.4 Å². The van der Waals surface area contributed by atoms with Crippen molar-refractivity contribution < 1.29 is 19.1 Å². The predicted octanol–water partition coefficient (Wildman–Crippen LogP) is 1.73. The van der Waals surface area contributed by atoms with Crippen LogP contribution in [0.3, 0.4) is 0 Å². The van der Waals surface area contributed by atoms with E-state index in [1.54, 1.807) is 42.6 Å². The minimum absolute atomic E-state index is 0.0173. The summed E-state index contributed by atoms with van der Waals surface area (Å²) in [6.07, 6.45) is 2.31. The molecule has 0 bridgehead atoms. The first kappa shape index (κ1) is 14.5. The Kier molecular flexibility index (Phi) is 4.50. The molecule has 1 aromatic heterocycles. The lowest BCUT2D eigenvalue weighted by atomic mass is 10.2. The first-order chi connectivity index (χ1) is 10.2. The van der Waals surface area contributed by atoms with E-state index >= 15 is 0 Å². The molecule has 1 heterocycles. The average Bonchev–Trinajstić information content (AvgIpc) is 2.94. The Morgan fingerprint density at radius 2 is 2.00 bits per heavy atom. The Labute approximate surface area is 121 Å². The van der Waals surface area contributed by atoms with Crippen molar-refractivity contribution in [3.05, 3.63) is 53.9 Å². The number of nitrogens with one attached hydrogen (secondary N) is 1. The minimum atomic E-state index is -0.527. The van der Waals surface area contributed by atoms with E-state index < -0.39 is 5.97 Å². The van der Waals surface area contributed by atoms with Crippen LogP contribution in [0.2, 0.25) is 0 Å². The number of amides is 1. The molecule has 0 saturated heterocycles. The van der Waals surface area contributed by atoms with Gasteiger partial charge in [-0.1, -0.05) is 12.1 Å². The molecule has 0 aliphatic heterocycles. The molecule has 1 N–H and O–H groups in total. The van der Waals surface area contributed by atoms with Crippen molar-refractivity contribution in [3.63, 3.8) is 0 Å². The molecular weight excluding hydrogens is 272 g/mol. The minimum Gasteiger partial charge on any atom is -0.465 e. The molecule has 6 nitrogen and oxygen atoms in total. The third kappa shape index (κ3) is 3.36. The van der Waals surface area contributed by atoms with Crippen LogP contribution in [0, 0.1) is 0 Å². The third-order valence-electron chi connectivity index (χ3n) is 2.91. The Morgan fingerprint density at radius 1 is 1.24 bits per heavy atom. The lowest BCUT2D eigenvalue weighted by Gasteiger charge is -2.10. The van der Waals surface area contributed by atoms with Gasteiger partial charge < -0.3 is 14.6 Å². The lowest BCUT2D eigenvalue weighted by Crippen LogP contribution is -2.21. The SMILES string of the molecule is COC(=O)c1ccccc1NC(=O)Cn1cccc1C=O. The molecule has 0 unspecified atom stereocenters. The number of methoxy groups -OCH3 is 1. The number of carbonyl (C=O) groups excluding carboxylic acids is 3. The molecular formula is C15H14N2O4. The monoisotopic (exact) mass is 286 g/mol. The maximum atomic E-state index is 12.0. The first-order valence-corrected chi connectivity index (χ1v) is 6.23. The summed E-state index contributed by atoms with van der Waals surface area (Å²) in [5.74, 6) is -0.869. The maximum Gasteiger partial charge on any atom is 0.339 e. The summed E-state index contributed by atoms with van der Waals surface area (Å²) in [6, 6.07) is 9.85. The molecule has 0 spiro atoms. The Bertz CT molecular complexity index is 676. The van der Waals surface area contributed by atoms with Crippen LogP contribution in [0.1, 0.15) is 20.8 Å². The van der Waals surface area contributed by atoms with Crippen LogP contribution >= 0.6 is 0 Å². The molecule has 21 heavy (non-hydrogen) atoms. The fourth-order valence-electron chi connectivity index (χ4n) is 1.90. The second-order valence-corrected chi connectivity index (χ2v) is 4.26. The van der Waals surface area contributed by atoms with Crippen LogP contribution < -0.4 is 5.32 Å². The number of esters is 1. The zero-order valence-electron chi connectivity index (χ0n) is 11.4. The Morgan fingerprint density at radius 3 is 2.71 bits per heavy atom. The van der Waals surface area contributed by atoms with Gasteiger partial charge in [-0.15, -0.1) is 0 Å². The van der Waals surface area contributed by atoms with Crippen LogP contribution in [0.5, 0.6) is 0 Å². The highest BCUT2D eigenvalue weighted by Gasteiger charge is 2.13. The lowest BCUT2D eigenvalue weighted by molar-refractivity contribution is -0.116. The van der Waals surface area contributed by atoms with E-state index in [9.17, 15) is 14.4 Å². The number of benzene rings is 1. The number of rotatable bonds is 5. The number of aromatic nitrogens is 1. The van der Waals surface area contributed by atoms with Crippen LogP contribution in [-0.2, 0) is 16.1 Å².